The molecule has 4 nitrogen and oxygen atoms in total. The molecule has 2 aliphatic rings. The summed E-state index contributed by atoms with van der Waals surface area (Å²) in [5.74, 6) is 0. The Morgan fingerprint density at radius 2 is 2.00 bits per heavy atom. The molecule has 0 saturated carbocycles. The summed E-state index contributed by atoms with van der Waals surface area (Å²) in [6, 6.07) is 9.25. The molecule has 0 radical (unpaired) electrons. The number of morpholine rings is 1. The van der Waals surface area contributed by atoms with Gasteiger partial charge in [0.15, 0.2) is 0 Å². The van der Waals surface area contributed by atoms with Crippen LogP contribution in [0.5, 0.6) is 0 Å². The van der Waals surface area contributed by atoms with Gasteiger partial charge >= 0.3 is 0 Å². The van der Waals surface area contributed by atoms with Gasteiger partial charge in [0, 0.05) is 44.5 Å². The van der Waals surface area contributed by atoms with E-state index in [4.69, 9.17) is 4.74 Å². The van der Waals surface area contributed by atoms with E-state index in [0.717, 1.165) is 45.4 Å². The second kappa shape index (κ2) is 7.25. The maximum atomic E-state index is 5.45. The van der Waals surface area contributed by atoms with Gasteiger partial charge in [-0.1, -0.05) is 18.2 Å². The van der Waals surface area contributed by atoms with Crippen LogP contribution in [0, 0.1) is 6.92 Å². The van der Waals surface area contributed by atoms with Crippen LogP contribution in [0.1, 0.15) is 12.0 Å². The number of anilines is 1. The molecule has 0 spiro atoms. The second-order valence-electron chi connectivity index (χ2n) is 6.13. The van der Waals surface area contributed by atoms with E-state index in [9.17, 15) is 0 Å². The molecule has 0 aliphatic carbocycles. The highest BCUT2D eigenvalue weighted by Crippen LogP contribution is 2.17. The lowest BCUT2D eigenvalue weighted by atomic mass is 10.2. The molecule has 2 saturated heterocycles. The van der Waals surface area contributed by atoms with Crippen molar-refractivity contribution in [1.82, 2.24) is 9.80 Å². The van der Waals surface area contributed by atoms with Crippen molar-refractivity contribution in [1.29, 1.82) is 0 Å². The van der Waals surface area contributed by atoms with E-state index in [-0.39, 0.29) is 0 Å². The van der Waals surface area contributed by atoms with Crippen LogP contribution in [0.3, 0.4) is 0 Å². The van der Waals surface area contributed by atoms with Gasteiger partial charge in [0.1, 0.15) is 0 Å². The Balaban J connectivity index is 1.40. The van der Waals surface area contributed by atoms with Gasteiger partial charge in [-0.15, -0.1) is 0 Å². The van der Waals surface area contributed by atoms with Gasteiger partial charge in [-0.2, -0.15) is 0 Å². The molecule has 2 fully saturated rings. The summed E-state index contributed by atoms with van der Waals surface area (Å²) in [6.45, 7) is 10.8. The fraction of sp³-hybridized carbons (Fsp3) is 0.647. The van der Waals surface area contributed by atoms with E-state index in [1.54, 1.807) is 0 Å². The van der Waals surface area contributed by atoms with Crippen molar-refractivity contribution in [2.24, 2.45) is 0 Å². The highest BCUT2D eigenvalue weighted by molar-refractivity contribution is 5.50. The number of likely N-dealkylation sites (tertiary alicyclic amines) is 1. The molecule has 3 rings (SSSR count). The number of hydrogen-bond donors (Lipinski definition) is 1. The minimum atomic E-state index is 0.743. The Hall–Kier alpha value is -1.10. The zero-order chi connectivity index (χ0) is 14.5. The molecule has 1 unspecified atom stereocenters. The minimum absolute atomic E-state index is 0.743. The summed E-state index contributed by atoms with van der Waals surface area (Å²) >= 11 is 0. The molecule has 0 bridgehead atoms. The number of hydrogen-bond acceptors (Lipinski definition) is 4. The monoisotopic (exact) mass is 289 g/mol. The summed E-state index contributed by atoms with van der Waals surface area (Å²) in [6.07, 6.45) is 1.31. The maximum Gasteiger partial charge on any atom is 0.0594 e. The number of para-hydroxylation sites is 1. The normalized spacial score (nSPS) is 24.3. The van der Waals surface area contributed by atoms with Gasteiger partial charge in [-0.3, -0.25) is 9.80 Å². The molecule has 1 aromatic rings. The summed E-state index contributed by atoms with van der Waals surface area (Å²) in [7, 11) is 0. The van der Waals surface area contributed by atoms with Crippen molar-refractivity contribution in [3.8, 4) is 0 Å². The van der Waals surface area contributed by atoms with E-state index < -0.39 is 0 Å². The maximum absolute atomic E-state index is 5.45. The molecule has 2 aliphatic heterocycles. The van der Waals surface area contributed by atoms with Crippen LogP contribution in [0.15, 0.2) is 24.3 Å². The predicted octanol–water partition coefficient (Wildman–Crippen LogP) is 1.81. The summed E-state index contributed by atoms with van der Waals surface area (Å²) < 4.78 is 5.45. The van der Waals surface area contributed by atoms with E-state index in [0.29, 0.717) is 0 Å². The molecule has 21 heavy (non-hydrogen) atoms. The van der Waals surface area contributed by atoms with Crippen LogP contribution in [0.25, 0.3) is 0 Å². The smallest absolute Gasteiger partial charge is 0.0594 e. The van der Waals surface area contributed by atoms with Crippen molar-refractivity contribution in [3.05, 3.63) is 29.8 Å². The molecular weight excluding hydrogens is 262 g/mol. The first kappa shape index (κ1) is 14.8. The predicted molar refractivity (Wildman–Crippen MR) is 86.9 cm³/mol. The van der Waals surface area contributed by atoms with E-state index in [1.807, 2.05) is 0 Å². The van der Waals surface area contributed by atoms with Gasteiger partial charge in [0.05, 0.1) is 13.2 Å². The van der Waals surface area contributed by atoms with Crippen LogP contribution in [0.2, 0.25) is 0 Å². The Morgan fingerprint density at radius 3 is 2.81 bits per heavy atom. The fourth-order valence-electron chi connectivity index (χ4n) is 3.38. The summed E-state index contributed by atoms with van der Waals surface area (Å²) in [5.41, 5.74) is 2.59. The largest absolute Gasteiger partial charge is 0.384 e. The van der Waals surface area contributed by atoms with Crippen molar-refractivity contribution >= 4 is 5.69 Å². The topological polar surface area (TPSA) is 27.7 Å². The second-order valence-corrected chi connectivity index (χ2v) is 6.13. The molecule has 4 heteroatoms. The van der Waals surface area contributed by atoms with Gasteiger partial charge in [-0.25, -0.2) is 0 Å². The van der Waals surface area contributed by atoms with Gasteiger partial charge in [0.25, 0.3) is 0 Å². The van der Waals surface area contributed by atoms with Gasteiger partial charge in [0.2, 0.25) is 0 Å². The number of aryl methyl sites for hydroxylation is 1. The lowest BCUT2D eigenvalue weighted by Crippen LogP contribution is -2.44. The molecule has 1 aromatic carbocycles. The van der Waals surface area contributed by atoms with Gasteiger partial charge < -0.3 is 10.1 Å². The van der Waals surface area contributed by atoms with Crippen molar-refractivity contribution in [2.75, 3.05) is 57.8 Å². The third-order valence-corrected chi connectivity index (χ3v) is 4.70. The zero-order valence-electron chi connectivity index (χ0n) is 13.1. The number of nitrogens with one attached hydrogen (secondary N) is 1. The fourth-order valence-corrected chi connectivity index (χ4v) is 3.38. The van der Waals surface area contributed by atoms with Crippen LogP contribution < -0.4 is 5.32 Å². The Morgan fingerprint density at radius 1 is 1.19 bits per heavy atom. The molecule has 2 heterocycles. The number of rotatable bonds is 5. The third kappa shape index (κ3) is 3.96. The molecule has 1 N–H and O–H groups in total. The molecule has 116 valence electrons. The number of nitrogens with zero attached hydrogens (tertiary/aromatic N) is 2. The van der Waals surface area contributed by atoms with Crippen molar-refractivity contribution in [2.45, 2.75) is 19.4 Å². The first-order chi connectivity index (χ1) is 10.3. The van der Waals surface area contributed by atoms with E-state index in [2.05, 4.69) is 46.3 Å². The zero-order valence-corrected chi connectivity index (χ0v) is 13.1. The van der Waals surface area contributed by atoms with E-state index in [1.165, 1.54) is 30.8 Å². The average molecular weight is 289 g/mol. The van der Waals surface area contributed by atoms with Crippen LogP contribution in [-0.4, -0.2) is 68.3 Å². The van der Waals surface area contributed by atoms with Crippen LogP contribution >= 0.6 is 0 Å². The SMILES string of the molecule is Cc1ccccc1NCCN1CCC(N2CCOCC2)C1. The molecule has 0 aromatic heterocycles. The first-order valence-corrected chi connectivity index (χ1v) is 8.16. The van der Waals surface area contributed by atoms with Crippen LogP contribution in [-0.2, 0) is 4.74 Å². The lowest BCUT2D eigenvalue weighted by Gasteiger charge is -2.32. The summed E-state index contributed by atoms with van der Waals surface area (Å²) in [5, 5.41) is 3.56. The highest BCUT2D eigenvalue weighted by Gasteiger charge is 2.28. The van der Waals surface area contributed by atoms with Crippen molar-refractivity contribution < 1.29 is 4.74 Å². The Labute approximate surface area is 128 Å². The highest BCUT2D eigenvalue weighted by atomic mass is 16.5. The molecule has 1 atom stereocenters. The standard InChI is InChI=1S/C17H27N3O/c1-15-4-2-3-5-17(15)18-7-9-19-8-6-16(14-19)20-10-12-21-13-11-20/h2-5,16,18H,6-14H2,1H3. The Kier molecular flexibility index (Phi) is 5.12. The molecular formula is C17H27N3O. The number of benzene rings is 1. The molecule has 0 amide bonds. The van der Waals surface area contributed by atoms with E-state index >= 15 is 0 Å². The van der Waals surface area contributed by atoms with Gasteiger partial charge in [-0.05, 0) is 31.5 Å². The van der Waals surface area contributed by atoms with Crippen LogP contribution in [0.4, 0.5) is 5.69 Å². The summed E-state index contributed by atoms with van der Waals surface area (Å²) in [4.78, 5) is 5.20. The quantitative estimate of drug-likeness (QED) is 0.895. The average Bonchev–Trinajstić information content (AvgIpc) is 2.99. The third-order valence-electron chi connectivity index (χ3n) is 4.70. The first-order valence-electron chi connectivity index (χ1n) is 8.16. The van der Waals surface area contributed by atoms with Crippen molar-refractivity contribution in [3.63, 3.8) is 0 Å². The minimum Gasteiger partial charge on any atom is -0.384 e. The lowest BCUT2D eigenvalue weighted by molar-refractivity contribution is 0.0186. The Bertz CT molecular complexity index is 445. The number of ether oxygens (including phenoxy) is 1.